The minimum absolute atomic E-state index is 0.266. The van der Waals surface area contributed by atoms with Gasteiger partial charge in [0.1, 0.15) is 11.6 Å². The Kier molecular flexibility index (Phi) is 5.79. The van der Waals surface area contributed by atoms with Crippen LogP contribution < -0.4 is 10.6 Å². The Balaban J connectivity index is 2.49. The van der Waals surface area contributed by atoms with Crippen LogP contribution in [0.2, 0.25) is 0 Å². The third kappa shape index (κ3) is 4.15. The molecule has 1 heterocycles. The SMILES string of the molecule is CSCC[C@H](NC=O)C(=O)Nc1nncs1. The average Bonchev–Trinajstić information content (AvgIpc) is 2.76. The smallest absolute Gasteiger partial charge is 0.248 e. The van der Waals surface area contributed by atoms with E-state index in [1.54, 1.807) is 11.8 Å². The molecule has 1 atom stereocenters. The van der Waals surface area contributed by atoms with E-state index in [0.717, 1.165) is 5.75 Å². The topological polar surface area (TPSA) is 84.0 Å². The number of nitrogens with zero attached hydrogens (tertiary/aromatic N) is 2. The maximum atomic E-state index is 11.7. The molecular formula is C8H12N4O2S2. The molecule has 0 aliphatic carbocycles. The van der Waals surface area contributed by atoms with Crippen molar-refractivity contribution in [3.8, 4) is 0 Å². The first-order chi connectivity index (χ1) is 7.77. The quantitative estimate of drug-likeness (QED) is 0.691. The highest BCUT2D eigenvalue weighted by Crippen LogP contribution is 2.09. The molecule has 0 radical (unpaired) electrons. The standard InChI is InChI=1S/C8H12N4O2S2/c1-15-3-2-6(9-4-13)7(14)11-8-12-10-5-16-8/h4-6H,2-3H2,1H3,(H,9,13)(H,11,12,14)/t6-/m0/s1. The van der Waals surface area contributed by atoms with Crippen LogP contribution in [0.25, 0.3) is 0 Å². The number of carbonyl (C=O) groups is 2. The van der Waals surface area contributed by atoms with E-state index < -0.39 is 6.04 Å². The van der Waals surface area contributed by atoms with Crippen molar-refractivity contribution < 1.29 is 9.59 Å². The molecule has 0 aliphatic heterocycles. The van der Waals surface area contributed by atoms with Crippen LogP contribution in [0.1, 0.15) is 6.42 Å². The van der Waals surface area contributed by atoms with Crippen molar-refractivity contribution in [2.75, 3.05) is 17.3 Å². The lowest BCUT2D eigenvalue weighted by atomic mass is 10.2. The molecule has 1 aromatic heterocycles. The summed E-state index contributed by atoms with van der Waals surface area (Å²) in [6.07, 6.45) is 3.07. The number of carbonyl (C=O) groups excluding carboxylic acids is 2. The van der Waals surface area contributed by atoms with Crippen LogP contribution >= 0.6 is 23.1 Å². The molecule has 0 spiro atoms. The van der Waals surface area contributed by atoms with Gasteiger partial charge in [-0.3, -0.25) is 14.9 Å². The summed E-state index contributed by atoms with van der Waals surface area (Å²) in [5.41, 5.74) is 1.53. The number of hydrogen-bond donors (Lipinski definition) is 2. The van der Waals surface area contributed by atoms with E-state index in [0.29, 0.717) is 18.0 Å². The fourth-order valence-electron chi connectivity index (χ4n) is 1.03. The molecular weight excluding hydrogens is 248 g/mol. The number of amides is 2. The second kappa shape index (κ2) is 7.18. The van der Waals surface area contributed by atoms with E-state index in [1.165, 1.54) is 16.8 Å². The normalized spacial score (nSPS) is 11.8. The first kappa shape index (κ1) is 12.9. The highest BCUT2D eigenvalue weighted by atomic mass is 32.2. The van der Waals surface area contributed by atoms with E-state index in [2.05, 4.69) is 20.8 Å². The summed E-state index contributed by atoms with van der Waals surface area (Å²) < 4.78 is 0. The third-order valence-electron chi connectivity index (χ3n) is 1.79. The molecule has 0 unspecified atom stereocenters. The number of nitrogens with one attached hydrogen (secondary N) is 2. The van der Waals surface area contributed by atoms with Crippen molar-refractivity contribution in [1.82, 2.24) is 15.5 Å². The average molecular weight is 260 g/mol. The Morgan fingerprint density at radius 1 is 1.75 bits per heavy atom. The highest BCUT2D eigenvalue weighted by Gasteiger charge is 2.17. The molecule has 0 saturated heterocycles. The lowest BCUT2D eigenvalue weighted by Crippen LogP contribution is -2.40. The van der Waals surface area contributed by atoms with Crippen molar-refractivity contribution in [1.29, 1.82) is 0 Å². The molecule has 2 N–H and O–H groups in total. The molecule has 0 aliphatic rings. The summed E-state index contributed by atoms with van der Waals surface area (Å²) >= 11 is 2.85. The highest BCUT2D eigenvalue weighted by molar-refractivity contribution is 7.98. The number of thioether (sulfide) groups is 1. The molecule has 8 heteroatoms. The van der Waals surface area contributed by atoms with Crippen molar-refractivity contribution in [3.05, 3.63) is 5.51 Å². The molecule has 1 aromatic rings. The van der Waals surface area contributed by atoms with Crippen molar-refractivity contribution in [3.63, 3.8) is 0 Å². The van der Waals surface area contributed by atoms with Crippen LogP contribution in [0.5, 0.6) is 0 Å². The number of hydrogen-bond acceptors (Lipinski definition) is 6. The first-order valence-corrected chi connectivity index (χ1v) is 6.81. The monoisotopic (exact) mass is 260 g/mol. The lowest BCUT2D eigenvalue weighted by molar-refractivity contribution is -0.121. The van der Waals surface area contributed by atoms with E-state index in [-0.39, 0.29) is 5.91 Å². The minimum atomic E-state index is -0.520. The minimum Gasteiger partial charge on any atom is -0.347 e. The van der Waals surface area contributed by atoms with Crippen LogP contribution in [-0.2, 0) is 9.59 Å². The summed E-state index contributed by atoms with van der Waals surface area (Å²) in [6.45, 7) is 0. The van der Waals surface area contributed by atoms with Crippen LogP contribution in [0.15, 0.2) is 5.51 Å². The summed E-state index contributed by atoms with van der Waals surface area (Å²) in [5.74, 6) is 0.535. The molecule has 0 aromatic carbocycles. The van der Waals surface area contributed by atoms with Crippen LogP contribution in [0.3, 0.4) is 0 Å². The van der Waals surface area contributed by atoms with Gasteiger partial charge in [0, 0.05) is 0 Å². The zero-order valence-electron chi connectivity index (χ0n) is 8.67. The number of anilines is 1. The van der Waals surface area contributed by atoms with E-state index in [9.17, 15) is 9.59 Å². The van der Waals surface area contributed by atoms with Crippen molar-refractivity contribution in [2.45, 2.75) is 12.5 Å². The molecule has 0 bridgehead atoms. The Hall–Kier alpha value is -1.15. The van der Waals surface area contributed by atoms with Gasteiger partial charge in [-0.15, -0.1) is 10.2 Å². The largest absolute Gasteiger partial charge is 0.347 e. The Morgan fingerprint density at radius 3 is 3.12 bits per heavy atom. The molecule has 2 amide bonds. The summed E-state index contributed by atoms with van der Waals surface area (Å²) in [4.78, 5) is 22.1. The molecule has 1 rings (SSSR count). The fourth-order valence-corrected chi connectivity index (χ4v) is 1.95. The molecule has 6 nitrogen and oxygen atoms in total. The third-order valence-corrected chi connectivity index (χ3v) is 3.04. The van der Waals surface area contributed by atoms with E-state index in [1.807, 2.05) is 6.26 Å². The van der Waals surface area contributed by atoms with Gasteiger partial charge in [-0.1, -0.05) is 11.3 Å². The Morgan fingerprint density at radius 2 is 2.56 bits per heavy atom. The molecule has 0 fully saturated rings. The van der Waals surface area contributed by atoms with Crippen molar-refractivity contribution in [2.24, 2.45) is 0 Å². The second-order valence-electron chi connectivity index (χ2n) is 2.85. The van der Waals surface area contributed by atoms with Gasteiger partial charge in [0.2, 0.25) is 17.4 Å². The van der Waals surface area contributed by atoms with Crippen molar-refractivity contribution >= 4 is 40.5 Å². The first-order valence-electron chi connectivity index (χ1n) is 4.53. The van der Waals surface area contributed by atoms with Gasteiger partial charge in [-0.25, -0.2) is 0 Å². The van der Waals surface area contributed by atoms with Gasteiger partial charge in [-0.05, 0) is 18.4 Å². The predicted molar refractivity (Wildman–Crippen MR) is 64.5 cm³/mol. The Labute approximate surface area is 101 Å². The van der Waals surface area contributed by atoms with E-state index >= 15 is 0 Å². The second-order valence-corrected chi connectivity index (χ2v) is 4.67. The van der Waals surface area contributed by atoms with Crippen LogP contribution in [0, 0.1) is 0 Å². The van der Waals surface area contributed by atoms with Gasteiger partial charge in [0.25, 0.3) is 0 Å². The lowest BCUT2D eigenvalue weighted by Gasteiger charge is -2.13. The molecule has 88 valence electrons. The zero-order chi connectivity index (χ0) is 11.8. The molecule has 16 heavy (non-hydrogen) atoms. The maximum absolute atomic E-state index is 11.7. The van der Waals surface area contributed by atoms with E-state index in [4.69, 9.17) is 0 Å². The zero-order valence-corrected chi connectivity index (χ0v) is 10.3. The van der Waals surface area contributed by atoms with Gasteiger partial charge < -0.3 is 5.32 Å². The number of aromatic nitrogens is 2. The summed E-state index contributed by atoms with van der Waals surface area (Å²) in [6, 6.07) is -0.520. The fraction of sp³-hybridized carbons (Fsp3) is 0.500. The maximum Gasteiger partial charge on any atom is 0.248 e. The number of rotatable bonds is 7. The summed E-state index contributed by atoms with van der Waals surface area (Å²) in [5, 5.41) is 12.8. The van der Waals surface area contributed by atoms with Gasteiger partial charge >= 0.3 is 0 Å². The van der Waals surface area contributed by atoms with Gasteiger partial charge in [0.15, 0.2) is 0 Å². The Bertz CT molecular complexity index is 331. The van der Waals surface area contributed by atoms with Gasteiger partial charge in [-0.2, -0.15) is 11.8 Å². The van der Waals surface area contributed by atoms with Gasteiger partial charge in [0.05, 0.1) is 0 Å². The molecule has 0 saturated carbocycles. The van der Waals surface area contributed by atoms with Crippen LogP contribution in [-0.4, -0.2) is 40.6 Å². The summed E-state index contributed by atoms with van der Waals surface area (Å²) in [7, 11) is 0. The van der Waals surface area contributed by atoms with Crippen LogP contribution in [0.4, 0.5) is 5.13 Å². The predicted octanol–water partition coefficient (Wildman–Crippen LogP) is 0.344.